The van der Waals surface area contributed by atoms with E-state index < -0.39 is 34.8 Å². The van der Waals surface area contributed by atoms with E-state index in [9.17, 15) is 22.0 Å². The standard InChI is InChI=1S/C11H6F5N3/c12-6-7(13)9(15)11(10(16)8(6)14)19-4-5-17-2-1-3-18-5/h1-3,19H,4H2. The maximum atomic E-state index is 13.3. The quantitative estimate of drug-likeness (QED) is 0.531. The number of rotatable bonds is 3. The zero-order valence-electron chi connectivity index (χ0n) is 9.22. The van der Waals surface area contributed by atoms with Crippen molar-refractivity contribution in [2.24, 2.45) is 0 Å². The number of benzene rings is 1. The van der Waals surface area contributed by atoms with E-state index in [2.05, 4.69) is 15.3 Å². The SMILES string of the molecule is Fc1c(F)c(F)c(NCc2ncccn2)c(F)c1F. The number of hydrogen-bond donors (Lipinski definition) is 1. The molecule has 1 aromatic heterocycles. The van der Waals surface area contributed by atoms with Gasteiger partial charge in [0.15, 0.2) is 23.3 Å². The molecule has 0 aliphatic carbocycles. The first-order valence-corrected chi connectivity index (χ1v) is 5.03. The highest BCUT2D eigenvalue weighted by Crippen LogP contribution is 2.27. The van der Waals surface area contributed by atoms with E-state index in [1.165, 1.54) is 18.5 Å². The lowest BCUT2D eigenvalue weighted by Gasteiger charge is -2.09. The Bertz CT molecular complexity index is 574. The molecule has 0 amide bonds. The maximum absolute atomic E-state index is 13.3. The van der Waals surface area contributed by atoms with Crippen LogP contribution in [0.25, 0.3) is 0 Å². The minimum atomic E-state index is -2.20. The number of nitrogens with zero attached hydrogens (tertiary/aromatic N) is 2. The highest BCUT2D eigenvalue weighted by atomic mass is 19.2. The Morgan fingerprint density at radius 2 is 1.26 bits per heavy atom. The Labute approximate surface area is 104 Å². The van der Waals surface area contributed by atoms with Crippen molar-refractivity contribution < 1.29 is 22.0 Å². The van der Waals surface area contributed by atoms with E-state index in [1.807, 2.05) is 0 Å². The van der Waals surface area contributed by atoms with Gasteiger partial charge >= 0.3 is 0 Å². The number of nitrogens with one attached hydrogen (secondary N) is 1. The molecule has 1 N–H and O–H groups in total. The molecule has 0 atom stereocenters. The van der Waals surface area contributed by atoms with E-state index >= 15 is 0 Å². The Kier molecular flexibility index (Phi) is 3.59. The van der Waals surface area contributed by atoms with Crippen molar-refractivity contribution in [1.82, 2.24) is 9.97 Å². The molecule has 0 aliphatic heterocycles. The summed E-state index contributed by atoms with van der Waals surface area (Å²) in [6, 6.07) is 1.52. The molecule has 100 valence electrons. The third-order valence-corrected chi connectivity index (χ3v) is 2.25. The van der Waals surface area contributed by atoms with Crippen LogP contribution in [0.5, 0.6) is 0 Å². The average molecular weight is 275 g/mol. The Hall–Kier alpha value is -2.25. The first-order valence-electron chi connectivity index (χ1n) is 5.03. The minimum Gasteiger partial charge on any atom is -0.373 e. The van der Waals surface area contributed by atoms with Crippen molar-refractivity contribution in [1.29, 1.82) is 0 Å². The maximum Gasteiger partial charge on any atom is 0.200 e. The molecule has 8 heteroatoms. The summed E-state index contributed by atoms with van der Waals surface area (Å²) in [5.74, 6) is -9.91. The molecule has 2 rings (SSSR count). The molecule has 1 aromatic carbocycles. The second-order valence-electron chi connectivity index (χ2n) is 3.46. The van der Waals surface area contributed by atoms with Gasteiger partial charge in [-0.25, -0.2) is 31.9 Å². The van der Waals surface area contributed by atoms with Crippen LogP contribution in [0.2, 0.25) is 0 Å². The second kappa shape index (κ2) is 5.17. The van der Waals surface area contributed by atoms with E-state index in [-0.39, 0.29) is 12.4 Å². The van der Waals surface area contributed by atoms with Crippen molar-refractivity contribution in [3.63, 3.8) is 0 Å². The summed E-state index contributed by atoms with van der Waals surface area (Å²) in [6.07, 6.45) is 2.76. The Morgan fingerprint density at radius 3 is 1.79 bits per heavy atom. The van der Waals surface area contributed by atoms with Crippen LogP contribution in [0.3, 0.4) is 0 Å². The zero-order chi connectivity index (χ0) is 14.0. The summed E-state index contributed by atoms with van der Waals surface area (Å²) in [7, 11) is 0. The molecule has 0 saturated heterocycles. The molecule has 1 heterocycles. The first kappa shape index (κ1) is 13.2. The van der Waals surface area contributed by atoms with Crippen LogP contribution in [0.1, 0.15) is 5.82 Å². The van der Waals surface area contributed by atoms with E-state index in [0.29, 0.717) is 0 Å². The Balaban J connectivity index is 2.31. The fraction of sp³-hybridized carbons (Fsp3) is 0.0909. The monoisotopic (exact) mass is 275 g/mol. The normalized spacial score (nSPS) is 10.6. The average Bonchev–Trinajstić information content (AvgIpc) is 2.44. The van der Waals surface area contributed by atoms with Gasteiger partial charge < -0.3 is 5.32 Å². The van der Waals surface area contributed by atoms with Crippen LogP contribution in [-0.4, -0.2) is 9.97 Å². The van der Waals surface area contributed by atoms with Gasteiger partial charge in [0.2, 0.25) is 5.82 Å². The summed E-state index contributed by atoms with van der Waals surface area (Å²) >= 11 is 0. The fourth-order valence-corrected chi connectivity index (χ4v) is 1.35. The van der Waals surface area contributed by atoms with Crippen LogP contribution in [0.4, 0.5) is 27.6 Å². The predicted octanol–water partition coefficient (Wildman–Crippen LogP) is 2.78. The van der Waals surface area contributed by atoms with E-state index in [4.69, 9.17) is 0 Å². The van der Waals surface area contributed by atoms with Gasteiger partial charge in [-0.05, 0) is 6.07 Å². The molecule has 0 saturated carbocycles. The third-order valence-electron chi connectivity index (χ3n) is 2.25. The number of halogens is 5. The zero-order valence-corrected chi connectivity index (χ0v) is 9.22. The lowest BCUT2D eigenvalue weighted by atomic mass is 10.2. The highest BCUT2D eigenvalue weighted by molar-refractivity contribution is 5.47. The van der Waals surface area contributed by atoms with Gasteiger partial charge in [0.05, 0.1) is 6.54 Å². The fourth-order valence-electron chi connectivity index (χ4n) is 1.35. The van der Waals surface area contributed by atoms with E-state index in [1.54, 1.807) is 0 Å². The molecular weight excluding hydrogens is 269 g/mol. The Morgan fingerprint density at radius 1 is 0.789 bits per heavy atom. The second-order valence-corrected chi connectivity index (χ2v) is 3.46. The van der Waals surface area contributed by atoms with Gasteiger partial charge in [-0.15, -0.1) is 0 Å². The molecule has 19 heavy (non-hydrogen) atoms. The van der Waals surface area contributed by atoms with Crippen molar-refractivity contribution >= 4 is 5.69 Å². The van der Waals surface area contributed by atoms with Gasteiger partial charge in [-0.3, -0.25) is 0 Å². The molecule has 2 aromatic rings. The smallest absolute Gasteiger partial charge is 0.200 e. The summed E-state index contributed by atoms with van der Waals surface area (Å²) in [5, 5.41) is 2.08. The number of anilines is 1. The van der Waals surface area contributed by atoms with Gasteiger partial charge in [0, 0.05) is 12.4 Å². The first-order chi connectivity index (χ1) is 9.02. The number of hydrogen-bond acceptors (Lipinski definition) is 3. The molecule has 0 bridgehead atoms. The molecule has 0 fully saturated rings. The van der Waals surface area contributed by atoms with Gasteiger partial charge in [0.1, 0.15) is 11.5 Å². The molecule has 0 aliphatic rings. The van der Waals surface area contributed by atoms with Crippen molar-refractivity contribution in [3.05, 3.63) is 53.4 Å². The van der Waals surface area contributed by atoms with Gasteiger partial charge in [0.25, 0.3) is 0 Å². The molecule has 3 nitrogen and oxygen atoms in total. The molecule has 0 unspecified atom stereocenters. The third kappa shape index (κ3) is 2.47. The molecule has 0 spiro atoms. The van der Waals surface area contributed by atoms with Crippen LogP contribution in [0, 0.1) is 29.1 Å². The summed E-state index contributed by atoms with van der Waals surface area (Å²) in [6.45, 7) is -0.279. The van der Waals surface area contributed by atoms with E-state index in [0.717, 1.165) is 0 Å². The van der Waals surface area contributed by atoms with Crippen LogP contribution >= 0.6 is 0 Å². The highest BCUT2D eigenvalue weighted by Gasteiger charge is 2.25. The van der Waals surface area contributed by atoms with Crippen molar-refractivity contribution in [3.8, 4) is 0 Å². The molecule has 0 radical (unpaired) electrons. The summed E-state index contributed by atoms with van der Waals surface area (Å²) in [5.41, 5.74) is -1.11. The van der Waals surface area contributed by atoms with Gasteiger partial charge in [-0.2, -0.15) is 0 Å². The minimum absolute atomic E-state index is 0.145. The van der Waals surface area contributed by atoms with Crippen LogP contribution < -0.4 is 5.32 Å². The van der Waals surface area contributed by atoms with Gasteiger partial charge in [-0.1, -0.05) is 0 Å². The van der Waals surface area contributed by atoms with Crippen LogP contribution in [0.15, 0.2) is 18.5 Å². The predicted molar refractivity (Wildman–Crippen MR) is 55.6 cm³/mol. The molecular formula is C11H6F5N3. The lowest BCUT2D eigenvalue weighted by Crippen LogP contribution is -2.11. The largest absolute Gasteiger partial charge is 0.373 e. The summed E-state index contributed by atoms with van der Waals surface area (Å²) < 4.78 is 65.1. The van der Waals surface area contributed by atoms with Crippen molar-refractivity contribution in [2.75, 3.05) is 5.32 Å². The topological polar surface area (TPSA) is 37.8 Å². The number of aromatic nitrogens is 2. The van der Waals surface area contributed by atoms with Crippen molar-refractivity contribution in [2.45, 2.75) is 6.54 Å². The van der Waals surface area contributed by atoms with Crippen LogP contribution in [-0.2, 0) is 6.54 Å². The summed E-state index contributed by atoms with van der Waals surface area (Å²) in [4.78, 5) is 7.47. The lowest BCUT2D eigenvalue weighted by molar-refractivity contribution is 0.381.